The number of carbonyl (C=O) groups excluding carboxylic acids is 1. The smallest absolute Gasteiger partial charge is 0.259 e. The first-order chi connectivity index (χ1) is 9.38. The highest BCUT2D eigenvalue weighted by Crippen LogP contribution is 2.28. The van der Waals surface area contributed by atoms with E-state index in [1.165, 1.54) is 12.1 Å². The summed E-state index contributed by atoms with van der Waals surface area (Å²) < 4.78 is 26.7. The number of amides is 1. The lowest BCUT2D eigenvalue weighted by Gasteiger charge is -2.10. The minimum absolute atomic E-state index is 0.0145. The van der Waals surface area contributed by atoms with Crippen LogP contribution in [0, 0.1) is 18.6 Å². The highest BCUT2D eigenvalue weighted by molar-refractivity contribution is 9.10. The number of nitrogens with one attached hydrogen (secondary N) is 1. The number of aromatic hydroxyl groups is 1. The van der Waals surface area contributed by atoms with Gasteiger partial charge in [-0.1, -0.05) is 11.6 Å². The minimum atomic E-state index is -0.905. The maximum atomic E-state index is 13.6. The standard InChI is InChI=1S/C14H10BrF2NO2/c1-7-2-3-12(19)9(4-7)14(20)18-13-10(15)5-8(16)6-11(13)17/h2-6,19H,1H3,(H,18,20). The number of phenolic OH excluding ortho intramolecular Hbond substituents is 1. The maximum Gasteiger partial charge on any atom is 0.259 e. The van der Waals surface area contributed by atoms with Crippen molar-refractivity contribution in [2.24, 2.45) is 0 Å². The molecule has 6 heteroatoms. The third-order valence-electron chi connectivity index (χ3n) is 2.64. The molecule has 0 saturated heterocycles. The Morgan fingerprint density at radius 2 is 1.95 bits per heavy atom. The van der Waals surface area contributed by atoms with Crippen LogP contribution in [0.5, 0.6) is 5.75 Å². The predicted molar refractivity (Wildman–Crippen MR) is 74.9 cm³/mol. The van der Waals surface area contributed by atoms with E-state index in [4.69, 9.17) is 0 Å². The molecule has 0 aliphatic rings. The van der Waals surface area contributed by atoms with Crippen molar-refractivity contribution in [1.82, 2.24) is 0 Å². The molecule has 0 aromatic heterocycles. The van der Waals surface area contributed by atoms with E-state index in [0.717, 1.165) is 11.6 Å². The van der Waals surface area contributed by atoms with Crippen LogP contribution in [0.4, 0.5) is 14.5 Å². The first-order valence-electron chi connectivity index (χ1n) is 5.64. The monoisotopic (exact) mass is 341 g/mol. The van der Waals surface area contributed by atoms with Gasteiger partial charge in [-0.3, -0.25) is 4.79 Å². The summed E-state index contributed by atoms with van der Waals surface area (Å²) in [5.41, 5.74) is 0.601. The number of hydrogen-bond acceptors (Lipinski definition) is 2. The van der Waals surface area contributed by atoms with Crippen LogP contribution in [0.15, 0.2) is 34.8 Å². The molecule has 2 aromatic carbocycles. The fourth-order valence-corrected chi connectivity index (χ4v) is 2.18. The van der Waals surface area contributed by atoms with Crippen molar-refractivity contribution in [1.29, 1.82) is 0 Å². The third-order valence-corrected chi connectivity index (χ3v) is 3.27. The number of anilines is 1. The summed E-state index contributed by atoms with van der Waals surface area (Å²) >= 11 is 2.97. The van der Waals surface area contributed by atoms with Crippen LogP contribution in [0.25, 0.3) is 0 Å². The largest absolute Gasteiger partial charge is 0.507 e. The Bertz CT molecular complexity index is 666. The summed E-state index contributed by atoms with van der Waals surface area (Å²) in [6, 6.07) is 6.19. The van der Waals surface area contributed by atoms with Gasteiger partial charge in [0, 0.05) is 10.5 Å². The highest BCUT2D eigenvalue weighted by atomic mass is 79.9. The number of phenols is 1. The SMILES string of the molecule is Cc1ccc(O)c(C(=O)Nc2c(F)cc(F)cc2Br)c1. The number of rotatable bonds is 2. The molecule has 0 heterocycles. The van der Waals surface area contributed by atoms with Crippen molar-refractivity contribution in [3.05, 3.63) is 57.6 Å². The molecule has 0 saturated carbocycles. The summed E-state index contributed by atoms with van der Waals surface area (Å²) in [6.45, 7) is 1.75. The molecule has 104 valence electrons. The summed E-state index contributed by atoms with van der Waals surface area (Å²) in [7, 11) is 0. The van der Waals surface area contributed by atoms with Gasteiger partial charge in [0.15, 0.2) is 5.82 Å². The molecule has 0 fully saturated rings. The van der Waals surface area contributed by atoms with E-state index in [0.29, 0.717) is 6.07 Å². The lowest BCUT2D eigenvalue weighted by Crippen LogP contribution is -2.14. The maximum absolute atomic E-state index is 13.6. The normalized spacial score (nSPS) is 10.4. The Labute approximate surface area is 122 Å². The zero-order chi connectivity index (χ0) is 14.9. The van der Waals surface area contributed by atoms with Crippen LogP contribution in [0.2, 0.25) is 0 Å². The summed E-state index contributed by atoms with van der Waals surface area (Å²) in [6.07, 6.45) is 0. The molecule has 0 unspecified atom stereocenters. The van der Waals surface area contributed by atoms with Gasteiger partial charge in [0.1, 0.15) is 11.6 Å². The molecular formula is C14H10BrF2NO2. The van der Waals surface area contributed by atoms with Gasteiger partial charge >= 0.3 is 0 Å². The van der Waals surface area contributed by atoms with Crippen molar-refractivity contribution >= 4 is 27.5 Å². The molecular weight excluding hydrogens is 332 g/mol. The first kappa shape index (κ1) is 14.5. The average molecular weight is 342 g/mol. The fourth-order valence-electron chi connectivity index (χ4n) is 1.67. The Balaban J connectivity index is 2.35. The van der Waals surface area contributed by atoms with E-state index >= 15 is 0 Å². The van der Waals surface area contributed by atoms with E-state index in [1.54, 1.807) is 13.0 Å². The fraction of sp³-hybridized carbons (Fsp3) is 0.0714. The molecule has 0 spiro atoms. The molecule has 0 aliphatic heterocycles. The van der Waals surface area contributed by atoms with Gasteiger partial charge in [-0.2, -0.15) is 0 Å². The van der Waals surface area contributed by atoms with E-state index in [1.807, 2.05) is 0 Å². The Hall–Kier alpha value is -1.95. The number of aryl methyl sites for hydroxylation is 1. The van der Waals surface area contributed by atoms with Crippen LogP contribution in [-0.4, -0.2) is 11.0 Å². The van der Waals surface area contributed by atoms with E-state index in [-0.39, 0.29) is 21.5 Å². The highest BCUT2D eigenvalue weighted by Gasteiger charge is 2.16. The zero-order valence-electron chi connectivity index (χ0n) is 10.4. The van der Waals surface area contributed by atoms with Crippen LogP contribution < -0.4 is 5.32 Å². The van der Waals surface area contributed by atoms with Crippen molar-refractivity contribution in [3.63, 3.8) is 0 Å². The molecule has 0 aliphatic carbocycles. The van der Waals surface area contributed by atoms with Crippen LogP contribution in [0.1, 0.15) is 15.9 Å². The van der Waals surface area contributed by atoms with Gasteiger partial charge in [0.05, 0.1) is 11.3 Å². The molecule has 3 nitrogen and oxygen atoms in total. The molecule has 2 rings (SSSR count). The first-order valence-corrected chi connectivity index (χ1v) is 6.43. The topological polar surface area (TPSA) is 49.3 Å². The lowest BCUT2D eigenvalue weighted by atomic mass is 10.1. The van der Waals surface area contributed by atoms with E-state index in [9.17, 15) is 18.7 Å². The minimum Gasteiger partial charge on any atom is -0.507 e. The molecule has 20 heavy (non-hydrogen) atoms. The number of benzene rings is 2. The number of halogens is 3. The average Bonchev–Trinajstić information content (AvgIpc) is 2.36. The Morgan fingerprint density at radius 1 is 1.25 bits per heavy atom. The van der Waals surface area contributed by atoms with Crippen molar-refractivity contribution < 1.29 is 18.7 Å². The molecule has 0 atom stereocenters. The second-order valence-electron chi connectivity index (χ2n) is 4.22. The lowest BCUT2D eigenvalue weighted by molar-refractivity contribution is 0.102. The van der Waals surface area contributed by atoms with Crippen LogP contribution in [-0.2, 0) is 0 Å². The van der Waals surface area contributed by atoms with Crippen molar-refractivity contribution in [2.45, 2.75) is 6.92 Å². The molecule has 2 aromatic rings. The van der Waals surface area contributed by atoms with Crippen LogP contribution >= 0.6 is 15.9 Å². The number of hydrogen-bond donors (Lipinski definition) is 2. The quantitative estimate of drug-likeness (QED) is 0.867. The molecule has 0 radical (unpaired) electrons. The van der Waals surface area contributed by atoms with Gasteiger partial charge in [0.25, 0.3) is 5.91 Å². The summed E-state index contributed by atoms with van der Waals surface area (Å²) in [5, 5.41) is 11.9. The predicted octanol–water partition coefficient (Wildman–Crippen LogP) is 3.99. The molecule has 1 amide bonds. The van der Waals surface area contributed by atoms with Gasteiger partial charge in [-0.05, 0) is 41.1 Å². The zero-order valence-corrected chi connectivity index (χ0v) is 12.0. The van der Waals surface area contributed by atoms with E-state index < -0.39 is 17.5 Å². The van der Waals surface area contributed by atoms with Gasteiger partial charge < -0.3 is 10.4 Å². The van der Waals surface area contributed by atoms with Gasteiger partial charge in [-0.15, -0.1) is 0 Å². The molecule has 2 N–H and O–H groups in total. The van der Waals surface area contributed by atoms with Gasteiger partial charge in [-0.25, -0.2) is 8.78 Å². The second-order valence-corrected chi connectivity index (χ2v) is 5.07. The molecule has 0 bridgehead atoms. The van der Waals surface area contributed by atoms with Crippen molar-refractivity contribution in [3.8, 4) is 5.75 Å². The van der Waals surface area contributed by atoms with Crippen molar-refractivity contribution in [2.75, 3.05) is 5.32 Å². The Morgan fingerprint density at radius 3 is 2.60 bits per heavy atom. The summed E-state index contributed by atoms with van der Waals surface area (Å²) in [5.74, 6) is -2.56. The van der Waals surface area contributed by atoms with Gasteiger partial charge in [0.2, 0.25) is 0 Å². The van der Waals surface area contributed by atoms with Crippen LogP contribution in [0.3, 0.4) is 0 Å². The third kappa shape index (κ3) is 2.96. The summed E-state index contributed by atoms with van der Waals surface area (Å²) in [4.78, 5) is 12.0. The number of carbonyl (C=O) groups is 1. The Kier molecular flexibility index (Phi) is 4.04. The second kappa shape index (κ2) is 5.58. The van der Waals surface area contributed by atoms with E-state index in [2.05, 4.69) is 21.2 Å².